The summed E-state index contributed by atoms with van der Waals surface area (Å²) in [5.41, 5.74) is -14.0. The Morgan fingerprint density at radius 3 is 1.19 bits per heavy atom. The SMILES string of the molecule is O=S(=O)(O[B-]1([O+]2CCCC2)C(c2c(F)c(F)c(F)c(F)c2F)=C(c2ccccc2)[Te]C(c2ccccc2)=C1c1c(F)c(F)c(F)c(F)c1F)C(F)(F)F. The van der Waals surface area contributed by atoms with Gasteiger partial charge in [-0.15, -0.1) is 0 Å². The summed E-state index contributed by atoms with van der Waals surface area (Å²) >= 11 is -2.80. The number of halogens is 13. The molecule has 0 amide bonds. The molecule has 0 radical (unpaired) electrons. The van der Waals surface area contributed by atoms with Gasteiger partial charge in [-0.1, -0.05) is 0 Å². The van der Waals surface area contributed by atoms with Gasteiger partial charge in [-0.2, -0.15) is 0 Å². The van der Waals surface area contributed by atoms with Gasteiger partial charge in [-0.05, 0) is 0 Å². The molecule has 1 fully saturated rings. The molecule has 2 heterocycles. The Morgan fingerprint density at radius 2 is 0.868 bits per heavy atom. The fourth-order valence-corrected chi connectivity index (χ4v) is 11.2. The molecule has 6 rings (SSSR count). The van der Waals surface area contributed by atoms with Crippen LogP contribution in [0.5, 0.6) is 0 Å². The molecule has 1 saturated heterocycles. The average molecular weight is 896 g/mol. The third-order valence-corrected chi connectivity index (χ3v) is 13.4. The Kier molecular flexibility index (Phi) is 10.4. The average Bonchev–Trinajstić information content (AvgIpc) is 3.69. The van der Waals surface area contributed by atoms with E-state index in [-0.39, 0.29) is 24.0 Å². The van der Waals surface area contributed by atoms with Crippen LogP contribution in [-0.2, 0) is 18.5 Å². The molecule has 0 saturated carbocycles. The first-order valence-electron chi connectivity index (χ1n) is 15.0. The number of hydrogen-bond donors (Lipinski definition) is 0. The van der Waals surface area contributed by atoms with Gasteiger partial charge in [0.2, 0.25) is 0 Å². The van der Waals surface area contributed by atoms with Gasteiger partial charge in [0.1, 0.15) is 0 Å². The van der Waals surface area contributed by atoms with Crippen LogP contribution in [0.2, 0.25) is 0 Å². The molecule has 4 aromatic rings. The van der Waals surface area contributed by atoms with E-state index >= 15 is 35.1 Å². The normalized spacial score (nSPS) is 16.9. The van der Waals surface area contributed by atoms with Crippen LogP contribution >= 0.6 is 0 Å². The second kappa shape index (κ2) is 14.1. The van der Waals surface area contributed by atoms with Crippen molar-refractivity contribution < 1.29 is 73.9 Å². The Morgan fingerprint density at radius 1 is 0.547 bits per heavy atom. The van der Waals surface area contributed by atoms with Crippen molar-refractivity contribution in [1.82, 2.24) is 0 Å². The first kappa shape index (κ1) is 38.9. The molecule has 0 unspecified atom stereocenters. The molecule has 0 atom stereocenters. The van der Waals surface area contributed by atoms with Crippen LogP contribution < -0.4 is 0 Å². The minimum absolute atomic E-state index is 0.129. The third-order valence-electron chi connectivity index (χ3n) is 8.56. The van der Waals surface area contributed by atoms with Gasteiger partial charge < -0.3 is 0 Å². The minimum atomic E-state index is -7.20. The van der Waals surface area contributed by atoms with Gasteiger partial charge in [0.05, 0.1) is 0 Å². The van der Waals surface area contributed by atoms with Crippen molar-refractivity contribution in [3.8, 4) is 0 Å². The number of alkyl halides is 3. The zero-order valence-electron chi connectivity index (χ0n) is 26.0. The van der Waals surface area contributed by atoms with E-state index < -0.39 is 144 Å². The summed E-state index contributed by atoms with van der Waals surface area (Å²) in [7, 11) is -7.20. The van der Waals surface area contributed by atoms with Crippen LogP contribution in [-0.4, -0.2) is 54.6 Å². The first-order chi connectivity index (χ1) is 24.9. The molecular formula is C33H18BF13O4STe. The van der Waals surface area contributed by atoms with Gasteiger partial charge in [0.15, 0.2) is 0 Å². The summed E-state index contributed by atoms with van der Waals surface area (Å²) in [5.74, 6) is -27.0. The maximum absolute atomic E-state index is 16.1. The first-order valence-corrected chi connectivity index (χ1v) is 18.8. The fourth-order valence-electron chi connectivity index (χ4n) is 6.33. The molecule has 2 aliphatic heterocycles. The van der Waals surface area contributed by atoms with Crippen molar-refractivity contribution >= 4 is 55.8 Å². The van der Waals surface area contributed by atoms with Crippen molar-refractivity contribution in [2.75, 3.05) is 13.2 Å². The Labute approximate surface area is 301 Å². The molecule has 0 N–H and O–H groups in total. The van der Waals surface area contributed by atoms with E-state index in [1.807, 2.05) is 4.28 Å². The van der Waals surface area contributed by atoms with Crippen molar-refractivity contribution in [2.24, 2.45) is 0 Å². The number of benzene rings is 4. The third kappa shape index (κ3) is 6.25. The predicted octanol–water partition coefficient (Wildman–Crippen LogP) is 8.97. The molecule has 2 aliphatic rings. The molecule has 4 nitrogen and oxygen atoms in total. The van der Waals surface area contributed by atoms with Crippen LogP contribution in [0.15, 0.2) is 60.7 Å². The molecule has 4 aromatic carbocycles. The summed E-state index contributed by atoms with van der Waals surface area (Å²) in [6, 6.07) is 12.6. The summed E-state index contributed by atoms with van der Waals surface area (Å²) in [6.07, 6.45) is -0.257. The predicted molar refractivity (Wildman–Crippen MR) is 167 cm³/mol. The van der Waals surface area contributed by atoms with E-state index in [1.165, 1.54) is 60.7 Å². The van der Waals surface area contributed by atoms with Gasteiger partial charge >= 0.3 is 302 Å². The van der Waals surface area contributed by atoms with Crippen molar-refractivity contribution in [3.05, 3.63) is 141 Å². The summed E-state index contributed by atoms with van der Waals surface area (Å²) in [6.45, 7) is -6.67. The quantitative estimate of drug-likeness (QED) is 0.0465. The molecule has 280 valence electrons. The molecule has 0 aliphatic carbocycles. The second-order valence-corrected chi connectivity index (χ2v) is 16.0. The van der Waals surface area contributed by atoms with Crippen molar-refractivity contribution in [1.29, 1.82) is 0 Å². The molecule has 20 heteroatoms. The van der Waals surface area contributed by atoms with Crippen LogP contribution in [0.4, 0.5) is 57.1 Å². The summed E-state index contributed by atoms with van der Waals surface area (Å²) in [5, 5.41) is 0. The molecule has 0 aromatic heterocycles. The molecular weight excluding hydrogens is 878 g/mol. The van der Waals surface area contributed by atoms with E-state index in [1.54, 1.807) is 0 Å². The van der Waals surface area contributed by atoms with Gasteiger partial charge in [-0.25, -0.2) is 0 Å². The van der Waals surface area contributed by atoms with Gasteiger partial charge in [-0.3, -0.25) is 0 Å². The van der Waals surface area contributed by atoms with Crippen molar-refractivity contribution in [3.63, 3.8) is 0 Å². The van der Waals surface area contributed by atoms with Crippen LogP contribution in [0.3, 0.4) is 0 Å². The van der Waals surface area contributed by atoms with Crippen LogP contribution in [0.25, 0.3) is 18.2 Å². The maximum atomic E-state index is 16.1. The Bertz CT molecular complexity index is 2130. The fraction of sp³-hybridized carbons (Fsp3) is 0.152. The Hall–Kier alpha value is -3.83. The second-order valence-electron chi connectivity index (χ2n) is 11.6. The zero-order chi connectivity index (χ0) is 38.8. The summed E-state index contributed by atoms with van der Waals surface area (Å²) < 4.78 is 229. The van der Waals surface area contributed by atoms with E-state index in [2.05, 4.69) is 0 Å². The molecule has 0 bridgehead atoms. The van der Waals surface area contributed by atoms with E-state index in [9.17, 15) is 30.4 Å². The number of hydrogen-bond acceptors (Lipinski definition) is 3. The Balaban J connectivity index is 1.99. The van der Waals surface area contributed by atoms with E-state index in [0.717, 1.165) is 0 Å². The van der Waals surface area contributed by atoms with Gasteiger partial charge in [0.25, 0.3) is 0 Å². The van der Waals surface area contributed by atoms with Crippen LogP contribution in [0.1, 0.15) is 35.1 Å². The van der Waals surface area contributed by atoms with E-state index in [0.29, 0.717) is 0 Å². The van der Waals surface area contributed by atoms with Crippen LogP contribution in [0, 0.1) is 58.2 Å². The standard InChI is InChI=1S/C33H18BF13O4STe/c35-21-17(22(36)26(40)29(43)25(21)39)19-31(15-9-3-1-4-10-15)53-32(16-11-5-2-6-12-16)20(18-23(37)27(41)30(44)28(42)24(18)38)34(19,51-13-7-8-14-51)50-52(48,49)33(45,46)47/h1-6,9-12H,7-8,13-14H2. The van der Waals surface area contributed by atoms with Gasteiger partial charge in [0, 0.05) is 0 Å². The molecule has 53 heavy (non-hydrogen) atoms. The zero-order valence-corrected chi connectivity index (χ0v) is 29.2. The topological polar surface area (TPSA) is 46.1 Å². The van der Waals surface area contributed by atoms with E-state index in [4.69, 9.17) is 4.10 Å². The molecule has 0 spiro atoms. The van der Waals surface area contributed by atoms with Crippen molar-refractivity contribution in [2.45, 2.75) is 18.3 Å². The monoisotopic (exact) mass is 898 g/mol. The summed E-state index contributed by atoms with van der Waals surface area (Å²) in [4.78, 5) is 0. The number of rotatable bonds is 7.